The van der Waals surface area contributed by atoms with Crippen LogP contribution < -0.4 is 5.32 Å². The second-order valence-corrected chi connectivity index (χ2v) is 3.70. The van der Waals surface area contributed by atoms with Crippen LogP contribution in [0.3, 0.4) is 0 Å². The van der Waals surface area contributed by atoms with Crippen molar-refractivity contribution in [3.05, 3.63) is 65.7 Å². The molecule has 22 heavy (non-hydrogen) atoms. The van der Waals surface area contributed by atoms with E-state index < -0.39 is 5.97 Å². The first kappa shape index (κ1) is 19.4. The molecule has 0 unspecified atom stereocenters. The van der Waals surface area contributed by atoms with E-state index in [1.807, 2.05) is 33.8 Å². The minimum atomic E-state index is -0.990. The fraction of sp³-hybridized carbons (Fsp3) is 0.222. The highest BCUT2D eigenvalue weighted by atomic mass is 16.4. The highest BCUT2D eigenvalue weighted by Crippen LogP contribution is 2.11. The van der Waals surface area contributed by atoms with Gasteiger partial charge in [0, 0.05) is 11.3 Å². The molecule has 4 heteroatoms. The molecular weight excluding hydrogens is 278 g/mol. The largest absolute Gasteiger partial charge is 0.478 e. The summed E-state index contributed by atoms with van der Waals surface area (Å²) in [4.78, 5) is 22.5. The van der Waals surface area contributed by atoms with E-state index in [1.54, 1.807) is 36.4 Å². The van der Waals surface area contributed by atoms with E-state index in [1.165, 1.54) is 12.1 Å². The minimum Gasteiger partial charge on any atom is -0.478 e. The molecule has 0 bridgehead atoms. The van der Waals surface area contributed by atoms with Crippen LogP contribution in [-0.2, 0) is 0 Å². The summed E-state index contributed by atoms with van der Waals surface area (Å²) in [7, 11) is 0. The van der Waals surface area contributed by atoms with Gasteiger partial charge in [-0.15, -0.1) is 0 Å². The fourth-order valence-corrected chi connectivity index (χ4v) is 1.49. The van der Waals surface area contributed by atoms with E-state index in [0.29, 0.717) is 11.3 Å². The van der Waals surface area contributed by atoms with Gasteiger partial charge in [-0.1, -0.05) is 45.9 Å². The summed E-state index contributed by atoms with van der Waals surface area (Å²) >= 11 is 0. The lowest BCUT2D eigenvalue weighted by atomic mass is 10.2. The second-order valence-electron chi connectivity index (χ2n) is 3.70. The summed E-state index contributed by atoms with van der Waals surface area (Å²) in [6, 6.07) is 14.8. The average molecular weight is 301 g/mol. The highest BCUT2D eigenvalue weighted by Gasteiger charge is 2.06. The van der Waals surface area contributed by atoms with Gasteiger partial charge >= 0.3 is 5.97 Å². The molecule has 2 N–H and O–H groups in total. The molecule has 0 aliphatic carbocycles. The molecule has 0 saturated heterocycles. The topological polar surface area (TPSA) is 66.4 Å². The van der Waals surface area contributed by atoms with Crippen LogP contribution in [0.4, 0.5) is 5.69 Å². The zero-order chi connectivity index (χ0) is 17.0. The van der Waals surface area contributed by atoms with Gasteiger partial charge in [0.25, 0.3) is 5.91 Å². The Morgan fingerprint density at radius 2 is 1.27 bits per heavy atom. The van der Waals surface area contributed by atoms with Crippen molar-refractivity contribution in [1.29, 1.82) is 0 Å². The Morgan fingerprint density at radius 1 is 0.773 bits per heavy atom. The van der Waals surface area contributed by atoms with E-state index in [9.17, 15) is 9.59 Å². The summed E-state index contributed by atoms with van der Waals surface area (Å²) in [5.41, 5.74) is 1.31. The molecular formula is C18H23NO3. The number of nitrogens with one attached hydrogen (secondary N) is 1. The molecule has 0 saturated carbocycles. The van der Waals surface area contributed by atoms with Gasteiger partial charge in [0.15, 0.2) is 0 Å². The van der Waals surface area contributed by atoms with Crippen molar-refractivity contribution in [3.63, 3.8) is 0 Å². The van der Waals surface area contributed by atoms with Crippen LogP contribution in [0.25, 0.3) is 0 Å². The molecule has 0 aromatic heterocycles. The summed E-state index contributed by atoms with van der Waals surface area (Å²) in [6.45, 7) is 8.00. The molecule has 0 radical (unpaired) electrons. The highest BCUT2D eigenvalue weighted by molar-refractivity contribution is 6.04. The van der Waals surface area contributed by atoms with Crippen LogP contribution in [0, 0.1) is 0 Å². The maximum atomic E-state index is 11.8. The molecule has 0 aliphatic heterocycles. The Labute approximate surface area is 131 Å². The molecule has 1 amide bonds. The Morgan fingerprint density at radius 3 is 1.73 bits per heavy atom. The first-order valence-electron chi connectivity index (χ1n) is 7.36. The number of rotatable bonds is 3. The van der Waals surface area contributed by atoms with Crippen LogP contribution in [0.1, 0.15) is 48.4 Å². The third-order valence-electron chi connectivity index (χ3n) is 2.43. The number of aromatic carboxylic acids is 1. The molecule has 0 heterocycles. The summed E-state index contributed by atoms with van der Waals surface area (Å²) in [5.74, 6) is -1.21. The van der Waals surface area contributed by atoms with Crippen molar-refractivity contribution in [2.75, 3.05) is 5.32 Å². The molecule has 2 aromatic carbocycles. The van der Waals surface area contributed by atoms with Crippen LogP contribution in [0.15, 0.2) is 54.6 Å². The van der Waals surface area contributed by atoms with E-state index >= 15 is 0 Å². The standard InChI is InChI=1S/C14H11NO3.2C2H6/c16-13(10-4-2-1-3-5-10)15-12-8-6-11(7-9-12)14(17)18;2*1-2/h1-9H,(H,15,16)(H,17,18);2*1-2H3. The lowest BCUT2D eigenvalue weighted by Gasteiger charge is -2.05. The number of carbonyl (C=O) groups is 2. The molecule has 0 fully saturated rings. The van der Waals surface area contributed by atoms with Gasteiger partial charge in [0.2, 0.25) is 0 Å². The van der Waals surface area contributed by atoms with Crippen molar-refractivity contribution in [2.45, 2.75) is 27.7 Å². The van der Waals surface area contributed by atoms with Gasteiger partial charge in [-0.05, 0) is 36.4 Å². The van der Waals surface area contributed by atoms with Gasteiger partial charge in [-0.2, -0.15) is 0 Å². The number of carbonyl (C=O) groups excluding carboxylic acids is 1. The van der Waals surface area contributed by atoms with Gasteiger partial charge in [-0.25, -0.2) is 4.79 Å². The number of benzene rings is 2. The predicted octanol–water partition coefficient (Wildman–Crippen LogP) is 4.69. The lowest BCUT2D eigenvalue weighted by Crippen LogP contribution is -2.11. The van der Waals surface area contributed by atoms with Crippen molar-refractivity contribution in [3.8, 4) is 0 Å². The number of carboxylic acid groups (broad SMARTS) is 1. The van der Waals surface area contributed by atoms with Gasteiger partial charge in [0.05, 0.1) is 5.56 Å². The maximum Gasteiger partial charge on any atom is 0.335 e. The van der Waals surface area contributed by atoms with E-state index in [0.717, 1.165) is 0 Å². The normalized spacial score (nSPS) is 8.55. The van der Waals surface area contributed by atoms with Gasteiger partial charge < -0.3 is 10.4 Å². The Hall–Kier alpha value is -2.62. The van der Waals surface area contributed by atoms with Gasteiger partial charge in [0.1, 0.15) is 0 Å². The monoisotopic (exact) mass is 301 g/mol. The molecule has 2 aromatic rings. The van der Waals surface area contributed by atoms with Crippen LogP contribution in [-0.4, -0.2) is 17.0 Å². The number of anilines is 1. The minimum absolute atomic E-state index is 0.188. The number of hydrogen-bond acceptors (Lipinski definition) is 2. The number of carboxylic acids is 1. The van der Waals surface area contributed by atoms with Crippen LogP contribution >= 0.6 is 0 Å². The van der Waals surface area contributed by atoms with Crippen molar-refractivity contribution in [2.24, 2.45) is 0 Å². The third kappa shape index (κ3) is 6.22. The zero-order valence-corrected chi connectivity index (χ0v) is 13.5. The summed E-state index contributed by atoms with van der Waals surface area (Å²) in [6.07, 6.45) is 0. The SMILES string of the molecule is CC.CC.O=C(O)c1ccc(NC(=O)c2ccccc2)cc1. The first-order valence-corrected chi connectivity index (χ1v) is 7.36. The molecule has 0 aliphatic rings. The van der Waals surface area contributed by atoms with Crippen LogP contribution in [0.5, 0.6) is 0 Å². The molecule has 2 rings (SSSR count). The van der Waals surface area contributed by atoms with E-state index in [4.69, 9.17) is 5.11 Å². The summed E-state index contributed by atoms with van der Waals surface area (Å²) in [5, 5.41) is 11.4. The second kappa shape index (κ2) is 11.1. The number of amides is 1. The smallest absolute Gasteiger partial charge is 0.335 e. The third-order valence-corrected chi connectivity index (χ3v) is 2.43. The maximum absolute atomic E-state index is 11.8. The fourth-order valence-electron chi connectivity index (χ4n) is 1.49. The molecule has 4 nitrogen and oxygen atoms in total. The van der Waals surface area contributed by atoms with Crippen molar-refractivity contribution >= 4 is 17.6 Å². The van der Waals surface area contributed by atoms with Crippen molar-refractivity contribution in [1.82, 2.24) is 0 Å². The Balaban J connectivity index is 0.00000102. The van der Waals surface area contributed by atoms with Crippen LogP contribution in [0.2, 0.25) is 0 Å². The molecule has 0 spiro atoms. The average Bonchev–Trinajstić information content (AvgIpc) is 2.59. The molecule has 0 atom stereocenters. The Bertz CT molecular complexity index is 563. The Kier molecular flexibility index (Phi) is 9.76. The van der Waals surface area contributed by atoms with Gasteiger partial charge in [-0.3, -0.25) is 4.79 Å². The predicted molar refractivity (Wildman–Crippen MR) is 90.5 cm³/mol. The quantitative estimate of drug-likeness (QED) is 0.864. The van der Waals surface area contributed by atoms with E-state index in [-0.39, 0.29) is 11.5 Å². The number of hydrogen-bond donors (Lipinski definition) is 2. The zero-order valence-electron chi connectivity index (χ0n) is 13.5. The summed E-state index contributed by atoms with van der Waals surface area (Å²) < 4.78 is 0. The lowest BCUT2D eigenvalue weighted by molar-refractivity contribution is 0.0696. The van der Waals surface area contributed by atoms with E-state index in [2.05, 4.69) is 5.32 Å². The van der Waals surface area contributed by atoms with Crippen molar-refractivity contribution < 1.29 is 14.7 Å². The molecule has 118 valence electrons. The first-order chi connectivity index (χ1) is 10.7.